The first-order chi connectivity index (χ1) is 16.0. The van der Waals surface area contributed by atoms with Crippen LogP contribution in [0.15, 0.2) is 77.7 Å². The molecule has 180 valence electrons. The van der Waals surface area contributed by atoms with Crippen molar-refractivity contribution in [3.05, 3.63) is 83.9 Å². The topological polar surface area (TPSA) is 105 Å². The Morgan fingerprint density at radius 2 is 1.74 bits per heavy atom. The highest BCUT2D eigenvalue weighted by molar-refractivity contribution is 7.92. The number of sulfonamides is 1. The molecule has 3 N–H and O–H groups in total. The number of hydrogen-bond acceptors (Lipinski definition) is 5. The molecule has 1 atom stereocenters. The minimum absolute atomic E-state index is 0.0351. The van der Waals surface area contributed by atoms with Gasteiger partial charge in [0, 0.05) is 29.9 Å². The van der Waals surface area contributed by atoms with Crippen LogP contribution in [0.25, 0.3) is 0 Å². The molecule has 1 amide bonds. The number of halogens is 2. The third-order valence-corrected chi connectivity index (χ3v) is 6.46. The summed E-state index contributed by atoms with van der Waals surface area (Å²) >= 11 is 0. The zero-order chi connectivity index (χ0) is 24.9. The van der Waals surface area contributed by atoms with E-state index in [0.717, 1.165) is 13.0 Å². The second-order valence-electron chi connectivity index (χ2n) is 7.58. The fraction of sp³-hybridized carbons (Fsp3) is 0.208. The Hall–Kier alpha value is -3.50. The van der Waals surface area contributed by atoms with Gasteiger partial charge in [-0.2, -0.15) is 0 Å². The van der Waals surface area contributed by atoms with Gasteiger partial charge in [-0.15, -0.1) is 0 Å². The van der Waals surface area contributed by atoms with Crippen LogP contribution in [0.2, 0.25) is 0 Å². The van der Waals surface area contributed by atoms with Crippen molar-refractivity contribution in [3.8, 4) is 5.75 Å². The van der Waals surface area contributed by atoms with Gasteiger partial charge in [-0.3, -0.25) is 9.52 Å². The molecule has 0 spiro atoms. The first-order valence-electron chi connectivity index (χ1n) is 10.2. The van der Waals surface area contributed by atoms with Crippen LogP contribution in [0.4, 0.5) is 20.2 Å². The minimum Gasteiger partial charge on any atom is -0.495 e. The van der Waals surface area contributed by atoms with Crippen LogP contribution in [0.5, 0.6) is 5.75 Å². The fourth-order valence-corrected chi connectivity index (χ4v) is 4.49. The van der Waals surface area contributed by atoms with E-state index in [1.165, 1.54) is 43.5 Å². The summed E-state index contributed by atoms with van der Waals surface area (Å²) in [7, 11) is -2.94. The van der Waals surface area contributed by atoms with Crippen LogP contribution < -0.4 is 14.8 Å². The molecule has 0 bridgehead atoms. The third kappa shape index (κ3) is 5.89. The predicted molar refractivity (Wildman–Crippen MR) is 125 cm³/mol. The van der Waals surface area contributed by atoms with E-state index in [0.29, 0.717) is 5.56 Å². The number of nitrogens with one attached hydrogen (secondary N) is 2. The summed E-state index contributed by atoms with van der Waals surface area (Å²) < 4.78 is 60.5. The molecule has 0 aromatic heterocycles. The Morgan fingerprint density at radius 1 is 1.03 bits per heavy atom. The lowest BCUT2D eigenvalue weighted by Gasteiger charge is -2.17. The van der Waals surface area contributed by atoms with E-state index in [1.807, 2.05) is 0 Å². The molecule has 3 aromatic rings. The van der Waals surface area contributed by atoms with Crippen LogP contribution in [-0.4, -0.2) is 33.1 Å². The summed E-state index contributed by atoms with van der Waals surface area (Å²) in [5.41, 5.74) is 0.502. The van der Waals surface area contributed by atoms with Crippen molar-refractivity contribution in [1.29, 1.82) is 0 Å². The van der Waals surface area contributed by atoms with E-state index < -0.39 is 34.4 Å². The standard InChI is InChI=1S/C24H24F2N2O5S/c1-24(25,26)17-9-6-10-19(13-17)28-34(31,32)22-12-11-18(14-21(22)33-2)27-23(30)20(15-29)16-7-4-3-5-8-16/h3-14,20,28-29H,15H2,1-2H3,(H,27,30). The maximum atomic E-state index is 13.6. The lowest BCUT2D eigenvalue weighted by atomic mass is 9.99. The maximum absolute atomic E-state index is 13.6. The van der Waals surface area contributed by atoms with E-state index in [4.69, 9.17) is 4.74 Å². The number of aliphatic hydroxyl groups is 1. The first kappa shape index (κ1) is 25.1. The summed E-state index contributed by atoms with van der Waals surface area (Å²) in [5.74, 6) is -4.50. The molecule has 0 fully saturated rings. The minimum atomic E-state index is -4.20. The van der Waals surface area contributed by atoms with Crippen LogP contribution in [0.1, 0.15) is 24.0 Å². The Morgan fingerprint density at radius 3 is 2.35 bits per heavy atom. The molecule has 34 heavy (non-hydrogen) atoms. The second-order valence-corrected chi connectivity index (χ2v) is 9.23. The summed E-state index contributed by atoms with van der Waals surface area (Å²) in [5, 5.41) is 12.3. The molecule has 0 radical (unpaired) electrons. The van der Waals surface area contributed by atoms with E-state index in [9.17, 15) is 27.1 Å². The van der Waals surface area contributed by atoms with Gasteiger partial charge >= 0.3 is 0 Å². The zero-order valence-corrected chi connectivity index (χ0v) is 19.3. The third-order valence-electron chi connectivity index (χ3n) is 5.04. The van der Waals surface area contributed by atoms with Crippen molar-refractivity contribution < 1.29 is 31.8 Å². The van der Waals surface area contributed by atoms with Gasteiger partial charge in [0.2, 0.25) is 5.91 Å². The number of carbonyl (C=O) groups excluding carboxylic acids is 1. The Balaban J connectivity index is 1.84. The van der Waals surface area contributed by atoms with Gasteiger partial charge in [0.1, 0.15) is 10.6 Å². The summed E-state index contributed by atoms with van der Waals surface area (Å²) in [6.07, 6.45) is 0. The van der Waals surface area contributed by atoms with Crippen molar-refractivity contribution in [2.45, 2.75) is 23.7 Å². The van der Waals surface area contributed by atoms with E-state index >= 15 is 0 Å². The molecular weight excluding hydrogens is 466 g/mol. The highest BCUT2D eigenvalue weighted by Gasteiger charge is 2.26. The summed E-state index contributed by atoms with van der Waals surface area (Å²) in [4.78, 5) is 12.4. The summed E-state index contributed by atoms with van der Waals surface area (Å²) in [6.45, 7) is 0.301. The Labute approximate surface area is 196 Å². The maximum Gasteiger partial charge on any atom is 0.270 e. The zero-order valence-electron chi connectivity index (χ0n) is 18.5. The molecule has 0 aliphatic rings. The molecule has 0 saturated heterocycles. The average molecular weight is 491 g/mol. The lowest BCUT2D eigenvalue weighted by molar-refractivity contribution is -0.118. The van der Waals surface area contributed by atoms with Gasteiger partial charge in [-0.1, -0.05) is 42.5 Å². The molecule has 0 aliphatic carbocycles. The van der Waals surface area contributed by atoms with E-state index in [1.54, 1.807) is 30.3 Å². The molecule has 0 heterocycles. The average Bonchev–Trinajstić information content (AvgIpc) is 2.79. The first-order valence-corrected chi connectivity index (χ1v) is 11.7. The SMILES string of the molecule is COc1cc(NC(=O)C(CO)c2ccccc2)ccc1S(=O)(=O)Nc1cccc(C(C)(F)F)c1. The van der Waals surface area contributed by atoms with Gasteiger partial charge in [0.05, 0.1) is 19.6 Å². The van der Waals surface area contributed by atoms with Crippen LogP contribution in [0, 0.1) is 0 Å². The molecular formula is C24H24F2N2O5S. The number of rotatable bonds is 9. The van der Waals surface area contributed by atoms with Gasteiger partial charge < -0.3 is 15.2 Å². The number of carbonyl (C=O) groups is 1. The van der Waals surface area contributed by atoms with Gasteiger partial charge in [0.25, 0.3) is 15.9 Å². The quantitative estimate of drug-likeness (QED) is 0.414. The number of alkyl halides is 2. The lowest BCUT2D eigenvalue weighted by Crippen LogP contribution is -2.24. The van der Waals surface area contributed by atoms with E-state index in [-0.39, 0.29) is 27.6 Å². The number of amides is 1. The smallest absolute Gasteiger partial charge is 0.270 e. The largest absolute Gasteiger partial charge is 0.495 e. The van der Waals surface area contributed by atoms with Gasteiger partial charge in [-0.25, -0.2) is 17.2 Å². The molecule has 0 saturated carbocycles. The van der Waals surface area contributed by atoms with Gasteiger partial charge in [-0.05, 0) is 29.8 Å². The number of hydrogen-bond donors (Lipinski definition) is 3. The highest BCUT2D eigenvalue weighted by atomic mass is 32.2. The van der Waals surface area contributed by atoms with Crippen molar-refractivity contribution in [2.75, 3.05) is 23.8 Å². The molecule has 10 heteroatoms. The molecule has 1 unspecified atom stereocenters. The van der Waals surface area contributed by atoms with Crippen molar-refractivity contribution in [2.24, 2.45) is 0 Å². The van der Waals surface area contributed by atoms with Crippen molar-refractivity contribution in [1.82, 2.24) is 0 Å². The Kier molecular flexibility index (Phi) is 7.53. The highest BCUT2D eigenvalue weighted by Crippen LogP contribution is 2.32. The monoisotopic (exact) mass is 490 g/mol. The van der Waals surface area contributed by atoms with Crippen molar-refractivity contribution in [3.63, 3.8) is 0 Å². The number of methoxy groups -OCH3 is 1. The van der Waals surface area contributed by atoms with Gasteiger partial charge in [0.15, 0.2) is 0 Å². The van der Waals surface area contributed by atoms with Crippen LogP contribution in [-0.2, 0) is 20.7 Å². The normalized spacial score (nSPS) is 12.6. The molecule has 3 rings (SSSR count). The molecule has 0 aliphatic heterocycles. The number of benzene rings is 3. The number of anilines is 2. The number of aliphatic hydroxyl groups excluding tert-OH is 1. The van der Waals surface area contributed by atoms with E-state index in [2.05, 4.69) is 10.0 Å². The van der Waals surface area contributed by atoms with Crippen LogP contribution >= 0.6 is 0 Å². The van der Waals surface area contributed by atoms with Crippen LogP contribution in [0.3, 0.4) is 0 Å². The molecule has 3 aromatic carbocycles. The predicted octanol–water partition coefficient (Wildman–Crippen LogP) is 4.32. The fourth-order valence-electron chi connectivity index (χ4n) is 3.29. The summed E-state index contributed by atoms with van der Waals surface area (Å²) in [6, 6.07) is 17.6. The molecule has 7 nitrogen and oxygen atoms in total. The second kappa shape index (κ2) is 10.2. The Bertz CT molecular complexity index is 1260. The van der Waals surface area contributed by atoms with Crippen molar-refractivity contribution >= 4 is 27.3 Å². The number of ether oxygens (including phenoxy) is 1.